The molecule has 0 aliphatic carbocycles. The molecular formula is C6H10O9. The first-order valence-corrected chi connectivity index (χ1v) is 3.61. The number of carboxylic acids is 1. The molecule has 0 radical (unpaired) electrons. The molecule has 3 atom stereocenters. The van der Waals surface area contributed by atoms with Crippen molar-refractivity contribution in [1.82, 2.24) is 0 Å². The third-order valence-electron chi connectivity index (χ3n) is 1.29. The molecule has 3 unspecified atom stereocenters. The van der Waals surface area contributed by atoms with Gasteiger partial charge in [0, 0.05) is 0 Å². The zero-order valence-corrected chi connectivity index (χ0v) is 7.22. The number of hydrogen-bond acceptors (Lipinski definition) is 8. The van der Waals surface area contributed by atoms with E-state index < -0.39 is 36.7 Å². The predicted molar refractivity (Wildman–Crippen MR) is 40.0 cm³/mol. The minimum atomic E-state index is -2.43. The van der Waals surface area contributed by atoms with Crippen LogP contribution in [0.1, 0.15) is 0 Å². The molecule has 0 saturated carbocycles. The second-order valence-corrected chi connectivity index (χ2v) is 2.47. The first-order valence-electron chi connectivity index (χ1n) is 3.61. The number of aliphatic hydroxyl groups is 5. The summed E-state index contributed by atoms with van der Waals surface area (Å²) in [4.78, 5) is 20.8. The Hall–Kier alpha value is -1.26. The van der Waals surface area contributed by atoms with Crippen LogP contribution in [0.15, 0.2) is 0 Å². The number of carbonyl (C=O) groups is 2. The standard InChI is InChI=1S/C6H10O9/c7-1(3(9)10)2(8)5(13)15-6(14)4(11)12/h1-2,4,6-8,11-12,14H,(H,9,10). The molecule has 0 amide bonds. The van der Waals surface area contributed by atoms with E-state index in [1.54, 1.807) is 0 Å². The molecule has 0 heterocycles. The van der Waals surface area contributed by atoms with Crippen LogP contribution in [0, 0.1) is 0 Å². The van der Waals surface area contributed by atoms with Crippen LogP contribution in [0.2, 0.25) is 0 Å². The Kier molecular flexibility index (Phi) is 5.11. The Morgan fingerprint density at radius 3 is 1.73 bits per heavy atom. The van der Waals surface area contributed by atoms with Gasteiger partial charge in [0.25, 0.3) is 6.29 Å². The second-order valence-electron chi connectivity index (χ2n) is 2.47. The smallest absolute Gasteiger partial charge is 0.340 e. The first kappa shape index (κ1) is 13.7. The fraction of sp³-hybridized carbons (Fsp3) is 0.667. The van der Waals surface area contributed by atoms with Crippen molar-refractivity contribution in [3.63, 3.8) is 0 Å². The highest BCUT2D eigenvalue weighted by atomic mass is 16.7. The van der Waals surface area contributed by atoms with E-state index in [0.29, 0.717) is 0 Å². The van der Waals surface area contributed by atoms with Gasteiger partial charge in [-0.3, -0.25) is 0 Å². The van der Waals surface area contributed by atoms with Crippen LogP contribution in [-0.4, -0.2) is 67.4 Å². The summed E-state index contributed by atoms with van der Waals surface area (Å²) in [5, 5.41) is 50.8. The molecule has 6 N–H and O–H groups in total. The van der Waals surface area contributed by atoms with Gasteiger partial charge in [0.05, 0.1) is 0 Å². The van der Waals surface area contributed by atoms with E-state index in [-0.39, 0.29) is 0 Å². The van der Waals surface area contributed by atoms with Crippen molar-refractivity contribution < 1.29 is 45.0 Å². The van der Waals surface area contributed by atoms with Gasteiger partial charge in [-0.15, -0.1) is 0 Å². The summed E-state index contributed by atoms with van der Waals surface area (Å²) in [5.74, 6) is -3.58. The lowest BCUT2D eigenvalue weighted by Crippen LogP contribution is -2.43. The number of hydrogen-bond donors (Lipinski definition) is 6. The molecule has 0 aliphatic heterocycles. The maximum absolute atomic E-state index is 10.7. The monoisotopic (exact) mass is 226 g/mol. The molecule has 0 fully saturated rings. The van der Waals surface area contributed by atoms with Gasteiger partial charge in [0.15, 0.2) is 12.2 Å². The van der Waals surface area contributed by atoms with Crippen LogP contribution in [0.5, 0.6) is 0 Å². The summed E-state index contributed by atoms with van der Waals surface area (Å²) < 4.78 is 3.79. The van der Waals surface area contributed by atoms with Gasteiger partial charge in [0.1, 0.15) is 0 Å². The largest absolute Gasteiger partial charge is 0.479 e. The molecule has 0 bridgehead atoms. The molecular weight excluding hydrogens is 216 g/mol. The van der Waals surface area contributed by atoms with Gasteiger partial charge in [0.2, 0.25) is 6.29 Å². The van der Waals surface area contributed by atoms with E-state index in [1.807, 2.05) is 0 Å². The van der Waals surface area contributed by atoms with Crippen molar-refractivity contribution in [3.05, 3.63) is 0 Å². The Morgan fingerprint density at radius 1 is 0.933 bits per heavy atom. The molecule has 0 aromatic rings. The van der Waals surface area contributed by atoms with Crippen LogP contribution < -0.4 is 0 Å². The van der Waals surface area contributed by atoms with Gasteiger partial charge in [-0.2, -0.15) is 0 Å². The third-order valence-corrected chi connectivity index (χ3v) is 1.29. The maximum Gasteiger partial charge on any atom is 0.340 e. The molecule has 0 spiro atoms. The Labute approximate surface area is 82.8 Å². The SMILES string of the molecule is O=C(O)C(O)C(O)C(=O)OC(O)C(O)O. The Bertz CT molecular complexity index is 237. The molecule has 15 heavy (non-hydrogen) atoms. The van der Waals surface area contributed by atoms with E-state index >= 15 is 0 Å². The van der Waals surface area contributed by atoms with Gasteiger partial charge < -0.3 is 35.4 Å². The van der Waals surface area contributed by atoms with Crippen molar-refractivity contribution in [2.24, 2.45) is 0 Å². The van der Waals surface area contributed by atoms with E-state index in [9.17, 15) is 9.59 Å². The lowest BCUT2D eigenvalue weighted by Gasteiger charge is -2.17. The fourth-order valence-corrected chi connectivity index (χ4v) is 0.514. The van der Waals surface area contributed by atoms with Crippen molar-refractivity contribution in [3.8, 4) is 0 Å². The number of rotatable bonds is 5. The molecule has 0 aromatic carbocycles. The van der Waals surface area contributed by atoms with Crippen LogP contribution >= 0.6 is 0 Å². The van der Waals surface area contributed by atoms with E-state index in [2.05, 4.69) is 4.74 Å². The quantitative estimate of drug-likeness (QED) is 0.202. The number of aliphatic carboxylic acids is 1. The van der Waals surface area contributed by atoms with Crippen molar-refractivity contribution in [2.45, 2.75) is 24.8 Å². The first-order chi connectivity index (χ1) is 6.77. The lowest BCUT2D eigenvalue weighted by molar-refractivity contribution is -0.236. The van der Waals surface area contributed by atoms with Crippen LogP contribution in [0.25, 0.3) is 0 Å². The second kappa shape index (κ2) is 5.58. The number of aliphatic hydroxyl groups excluding tert-OH is 4. The third kappa shape index (κ3) is 4.18. The van der Waals surface area contributed by atoms with Crippen LogP contribution in [-0.2, 0) is 14.3 Å². The van der Waals surface area contributed by atoms with Gasteiger partial charge in [-0.1, -0.05) is 0 Å². The fourth-order valence-electron chi connectivity index (χ4n) is 0.514. The average Bonchev–Trinajstić information content (AvgIpc) is 2.14. The highest BCUT2D eigenvalue weighted by Gasteiger charge is 2.33. The van der Waals surface area contributed by atoms with Gasteiger partial charge in [-0.05, 0) is 0 Å². The predicted octanol–water partition coefficient (Wildman–Crippen LogP) is -4.03. The van der Waals surface area contributed by atoms with Crippen molar-refractivity contribution in [1.29, 1.82) is 0 Å². The summed E-state index contributed by atoms with van der Waals surface area (Å²) in [7, 11) is 0. The highest BCUT2D eigenvalue weighted by molar-refractivity contribution is 5.84. The molecule has 0 aliphatic rings. The number of esters is 1. The normalized spacial score (nSPS) is 16.9. The summed E-state index contributed by atoms with van der Waals surface area (Å²) in [6.45, 7) is 0. The highest BCUT2D eigenvalue weighted by Crippen LogP contribution is 2.01. The summed E-state index contributed by atoms with van der Waals surface area (Å²) >= 11 is 0. The molecule has 0 rings (SSSR count). The zero-order valence-electron chi connectivity index (χ0n) is 7.22. The number of carboxylic acid groups (broad SMARTS) is 1. The molecule has 9 nitrogen and oxygen atoms in total. The van der Waals surface area contributed by atoms with E-state index in [0.717, 1.165) is 0 Å². The zero-order chi connectivity index (χ0) is 12.2. The lowest BCUT2D eigenvalue weighted by atomic mass is 10.2. The molecule has 0 aromatic heterocycles. The number of carbonyl (C=O) groups excluding carboxylic acids is 1. The maximum atomic E-state index is 10.7. The summed E-state index contributed by atoms with van der Waals surface area (Å²) in [5.41, 5.74) is 0. The van der Waals surface area contributed by atoms with E-state index in [4.69, 9.17) is 30.6 Å². The topological polar surface area (TPSA) is 165 Å². The Balaban J connectivity index is 4.27. The molecule has 9 heteroatoms. The minimum absolute atomic E-state index is 1.70. The van der Waals surface area contributed by atoms with Crippen LogP contribution in [0.4, 0.5) is 0 Å². The average molecular weight is 226 g/mol. The molecule has 0 saturated heterocycles. The van der Waals surface area contributed by atoms with E-state index in [1.165, 1.54) is 0 Å². The van der Waals surface area contributed by atoms with Crippen LogP contribution in [0.3, 0.4) is 0 Å². The Morgan fingerprint density at radius 2 is 1.40 bits per heavy atom. The van der Waals surface area contributed by atoms with Crippen molar-refractivity contribution >= 4 is 11.9 Å². The molecule has 88 valence electrons. The number of ether oxygens (including phenoxy) is 1. The minimum Gasteiger partial charge on any atom is -0.479 e. The van der Waals surface area contributed by atoms with Gasteiger partial charge >= 0.3 is 11.9 Å². The van der Waals surface area contributed by atoms with Gasteiger partial charge in [-0.25, -0.2) is 9.59 Å². The van der Waals surface area contributed by atoms with Crippen molar-refractivity contribution in [2.75, 3.05) is 0 Å². The summed E-state index contributed by atoms with van der Waals surface area (Å²) in [6, 6.07) is 0. The summed E-state index contributed by atoms with van der Waals surface area (Å²) in [6.07, 6.45) is -9.60.